The van der Waals surface area contributed by atoms with Gasteiger partial charge in [0.2, 0.25) is 0 Å². The Morgan fingerprint density at radius 3 is 1.75 bits per heavy atom. The van der Waals surface area contributed by atoms with Crippen LogP contribution in [0.1, 0.15) is 30.0 Å². The van der Waals surface area contributed by atoms with Crippen molar-refractivity contribution in [3.05, 3.63) is 102 Å². The summed E-state index contributed by atoms with van der Waals surface area (Å²) in [6, 6.07) is 29.2. The van der Waals surface area contributed by atoms with E-state index >= 15 is 0 Å². The van der Waals surface area contributed by atoms with E-state index < -0.39 is 15.2 Å². The van der Waals surface area contributed by atoms with Crippen LogP contribution in [0, 0.1) is 0 Å². The van der Waals surface area contributed by atoms with Crippen molar-refractivity contribution in [1.82, 2.24) is 4.90 Å². The summed E-state index contributed by atoms with van der Waals surface area (Å²) in [5.41, 5.74) is 2.42. The van der Waals surface area contributed by atoms with Crippen molar-refractivity contribution in [2.75, 3.05) is 27.2 Å². The van der Waals surface area contributed by atoms with Crippen LogP contribution < -0.4 is 4.74 Å². The van der Waals surface area contributed by atoms with E-state index in [1.54, 1.807) is 0 Å². The van der Waals surface area contributed by atoms with Gasteiger partial charge in [-0.3, -0.25) is 0 Å². The van der Waals surface area contributed by atoms with Gasteiger partial charge in [0.25, 0.3) is 0 Å². The summed E-state index contributed by atoms with van der Waals surface area (Å²) in [5.74, 6) is 0.853. The fourth-order valence-corrected chi connectivity index (χ4v) is 6.65. The van der Waals surface area contributed by atoms with Crippen LogP contribution >= 0.6 is 35.6 Å². The molecule has 1 aliphatic rings. The lowest BCUT2D eigenvalue weighted by molar-refractivity contribution is 0.261. The van der Waals surface area contributed by atoms with E-state index in [0.717, 1.165) is 35.4 Å². The van der Waals surface area contributed by atoms with Crippen molar-refractivity contribution in [2.45, 2.75) is 28.5 Å². The molecule has 0 bridgehead atoms. The molecule has 0 spiro atoms. The molecule has 1 aliphatic carbocycles. The summed E-state index contributed by atoms with van der Waals surface area (Å²) < 4.78 is 4.94. The van der Waals surface area contributed by atoms with Crippen LogP contribution in [0.25, 0.3) is 0 Å². The Kier molecular flexibility index (Phi) is 7.51. The van der Waals surface area contributed by atoms with Gasteiger partial charge in [-0.2, -0.15) is 0 Å². The molecule has 3 aromatic carbocycles. The largest absolute Gasteiger partial charge is 0.492 e. The standard InChI is InChI=1S/C27H29Cl2NO.ClH/c1-4-25(21-11-7-5-8-12-21)26(27(25,28)29,22-13-9-6-10-14-22)23-15-17-24(18-16-23)31-20-19-30(2)3;/h5-18H,4,19-20H2,1-3H3;1H. The molecule has 2 nitrogen and oxygen atoms in total. The van der Waals surface area contributed by atoms with Gasteiger partial charge in [0.05, 0.1) is 5.41 Å². The zero-order valence-electron chi connectivity index (χ0n) is 18.7. The number of nitrogens with zero attached hydrogens (tertiary/aromatic N) is 1. The molecule has 0 saturated heterocycles. The Labute approximate surface area is 207 Å². The lowest BCUT2D eigenvalue weighted by atomic mass is 9.76. The van der Waals surface area contributed by atoms with Gasteiger partial charge in [-0.05, 0) is 49.3 Å². The Balaban J connectivity index is 0.00000289. The van der Waals surface area contributed by atoms with Crippen LogP contribution in [0.3, 0.4) is 0 Å². The second kappa shape index (κ2) is 9.65. The fourth-order valence-electron chi connectivity index (χ4n) is 5.21. The van der Waals surface area contributed by atoms with Gasteiger partial charge in [0.1, 0.15) is 16.7 Å². The highest BCUT2D eigenvalue weighted by atomic mass is 35.5. The molecule has 0 amide bonds. The number of benzene rings is 3. The Hall–Kier alpha value is -1.71. The maximum Gasteiger partial charge on any atom is 0.143 e. The highest BCUT2D eigenvalue weighted by Gasteiger charge is 2.87. The van der Waals surface area contributed by atoms with Gasteiger partial charge in [-0.25, -0.2) is 0 Å². The molecule has 170 valence electrons. The molecule has 1 saturated carbocycles. The second-order valence-corrected chi connectivity index (χ2v) is 9.82. The number of alkyl halides is 2. The Morgan fingerprint density at radius 2 is 1.25 bits per heavy atom. The first kappa shape index (κ1) is 24.9. The van der Waals surface area contributed by atoms with Crippen LogP contribution in [-0.4, -0.2) is 36.5 Å². The number of likely N-dealkylation sites (N-methyl/N-ethyl adjacent to an activating group) is 1. The number of ether oxygens (including phenoxy) is 1. The maximum absolute atomic E-state index is 7.28. The highest BCUT2D eigenvalue weighted by Crippen LogP contribution is 2.81. The van der Waals surface area contributed by atoms with Crippen LogP contribution in [0.5, 0.6) is 5.75 Å². The molecule has 2 atom stereocenters. The van der Waals surface area contributed by atoms with E-state index in [4.69, 9.17) is 27.9 Å². The minimum Gasteiger partial charge on any atom is -0.492 e. The molecule has 0 aliphatic heterocycles. The van der Waals surface area contributed by atoms with Crippen molar-refractivity contribution in [2.24, 2.45) is 0 Å². The minimum absolute atomic E-state index is 0. The SMILES string of the molecule is CCC1(c2ccccc2)C(Cl)(Cl)C1(c1ccccc1)c1ccc(OCCN(C)C)cc1.Cl. The zero-order valence-corrected chi connectivity index (χ0v) is 21.1. The fraction of sp³-hybridized carbons (Fsp3) is 0.333. The van der Waals surface area contributed by atoms with Crippen molar-refractivity contribution in [3.63, 3.8) is 0 Å². The second-order valence-electron chi connectivity index (χ2n) is 8.49. The average Bonchev–Trinajstić information content (AvgIpc) is 3.26. The van der Waals surface area contributed by atoms with Crippen molar-refractivity contribution < 1.29 is 4.74 Å². The predicted octanol–water partition coefficient (Wildman–Crippen LogP) is 6.87. The molecule has 32 heavy (non-hydrogen) atoms. The third kappa shape index (κ3) is 3.62. The van der Waals surface area contributed by atoms with E-state index in [1.165, 1.54) is 0 Å². The summed E-state index contributed by atoms with van der Waals surface area (Å²) >= 11 is 14.6. The molecule has 1 fully saturated rings. The lowest BCUT2D eigenvalue weighted by Crippen LogP contribution is -2.23. The smallest absolute Gasteiger partial charge is 0.143 e. The molecule has 3 aromatic rings. The van der Waals surface area contributed by atoms with Crippen molar-refractivity contribution in [1.29, 1.82) is 0 Å². The van der Waals surface area contributed by atoms with Gasteiger partial charge in [-0.1, -0.05) is 103 Å². The van der Waals surface area contributed by atoms with E-state index in [9.17, 15) is 0 Å². The minimum atomic E-state index is -0.981. The first-order valence-corrected chi connectivity index (χ1v) is 11.5. The number of hydrogen-bond acceptors (Lipinski definition) is 2. The zero-order chi connectivity index (χ0) is 22.1. The van der Waals surface area contributed by atoms with Crippen LogP contribution in [-0.2, 0) is 10.8 Å². The molecule has 0 N–H and O–H groups in total. The van der Waals surface area contributed by atoms with E-state index in [1.807, 2.05) is 38.4 Å². The summed E-state index contributed by atoms with van der Waals surface area (Å²) in [6.07, 6.45) is 0.819. The Morgan fingerprint density at radius 1 is 0.750 bits per heavy atom. The lowest BCUT2D eigenvalue weighted by Gasteiger charge is -2.26. The van der Waals surface area contributed by atoms with Crippen molar-refractivity contribution >= 4 is 35.6 Å². The molecule has 2 unspecified atom stereocenters. The van der Waals surface area contributed by atoms with Gasteiger partial charge >= 0.3 is 0 Å². The topological polar surface area (TPSA) is 12.5 Å². The first-order valence-electron chi connectivity index (χ1n) is 10.8. The van der Waals surface area contributed by atoms with E-state index in [2.05, 4.69) is 72.5 Å². The van der Waals surface area contributed by atoms with Crippen LogP contribution in [0.2, 0.25) is 0 Å². The third-order valence-corrected chi connectivity index (χ3v) is 7.90. The van der Waals surface area contributed by atoms with Crippen LogP contribution in [0.4, 0.5) is 0 Å². The molecule has 0 heterocycles. The average molecular weight is 491 g/mol. The Bertz CT molecular complexity index is 1010. The van der Waals surface area contributed by atoms with Gasteiger partial charge < -0.3 is 9.64 Å². The van der Waals surface area contributed by atoms with Crippen molar-refractivity contribution in [3.8, 4) is 5.75 Å². The molecule has 0 radical (unpaired) electrons. The predicted molar refractivity (Wildman–Crippen MR) is 138 cm³/mol. The summed E-state index contributed by atoms with van der Waals surface area (Å²) in [6.45, 7) is 3.69. The van der Waals surface area contributed by atoms with E-state index in [-0.39, 0.29) is 12.4 Å². The normalized spacial score (nSPS) is 23.4. The molecular weight excluding hydrogens is 461 g/mol. The van der Waals surface area contributed by atoms with Gasteiger partial charge in [0, 0.05) is 12.0 Å². The number of rotatable bonds is 8. The monoisotopic (exact) mass is 489 g/mol. The molecular formula is C27H30Cl3NO. The van der Waals surface area contributed by atoms with Gasteiger partial charge in [0.15, 0.2) is 0 Å². The molecule has 0 aromatic heterocycles. The van der Waals surface area contributed by atoms with Gasteiger partial charge in [-0.15, -0.1) is 12.4 Å². The molecule has 5 heteroatoms. The van der Waals surface area contributed by atoms with E-state index in [0.29, 0.717) is 6.61 Å². The van der Waals surface area contributed by atoms with Crippen LogP contribution in [0.15, 0.2) is 84.9 Å². The number of hydrogen-bond donors (Lipinski definition) is 0. The number of halogens is 3. The molecule has 4 rings (SSSR count). The summed E-state index contributed by atoms with van der Waals surface area (Å²) in [4.78, 5) is 2.10. The highest BCUT2D eigenvalue weighted by molar-refractivity contribution is 6.54. The first-order chi connectivity index (χ1) is 14.9. The quantitative estimate of drug-likeness (QED) is 0.319. The third-order valence-electron chi connectivity index (χ3n) is 6.68. The summed E-state index contributed by atoms with van der Waals surface area (Å²) in [5, 5.41) is 0. The maximum atomic E-state index is 7.28. The summed E-state index contributed by atoms with van der Waals surface area (Å²) in [7, 11) is 4.08.